The van der Waals surface area contributed by atoms with Gasteiger partial charge in [0, 0.05) is 27.5 Å². The summed E-state index contributed by atoms with van der Waals surface area (Å²) in [5.74, 6) is 0.532. The van der Waals surface area contributed by atoms with E-state index in [1.165, 1.54) is 0 Å². The minimum atomic E-state index is 0.532. The van der Waals surface area contributed by atoms with E-state index < -0.39 is 0 Å². The summed E-state index contributed by atoms with van der Waals surface area (Å²) in [6, 6.07) is 16.8. The highest BCUT2D eigenvalue weighted by molar-refractivity contribution is 6.30. The van der Waals surface area contributed by atoms with Gasteiger partial charge in [0.1, 0.15) is 0 Å². The van der Waals surface area contributed by atoms with Crippen molar-refractivity contribution in [3.63, 3.8) is 0 Å². The predicted octanol–water partition coefficient (Wildman–Crippen LogP) is 5.19. The van der Waals surface area contributed by atoms with Crippen LogP contribution in [0.3, 0.4) is 0 Å². The summed E-state index contributed by atoms with van der Waals surface area (Å²) in [6.45, 7) is 0. The molecule has 21 heavy (non-hydrogen) atoms. The third-order valence-corrected chi connectivity index (χ3v) is 3.40. The Morgan fingerprint density at radius 3 is 2.05 bits per heavy atom. The number of hydrogen-bond donors (Lipinski definition) is 1. The number of aromatic nitrogens is 2. The molecule has 0 saturated carbocycles. The monoisotopic (exact) mass is 315 g/mol. The van der Waals surface area contributed by atoms with E-state index in [2.05, 4.69) is 15.3 Å². The molecule has 104 valence electrons. The van der Waals surface area contributed by atoms with Crippen molar-refractivity contribution in [2.45, 2.75) is 0 Å². The molecule has 0 spiro atoms. The standard InChI is InChI=1S/C16H11Cl2N3/c17-12-3-1-11(2-4-12)15-9-10-19-16(21-15)20-14-7-5-13(18)6-8-14/h1-10H,(H,19,20,21). The quantitative estimate of drug-likeness (QED) is 0.722. The van der Waals surface area contributed by atoms with E-state index in [1.807, 2.05) is 54.6 Å². The lowest BCUT2D eigenvalue weighted by atomic mass is 10.1. The van der Waals surface area contributed by atoms with Crippen LogP contribution in [0.2, 0.25) is 10.0 Å². The molecule has 0 saturated heterocycles. The van der Waals surface area contributed by atoms with Crippen LogP contribution in [0.15, 0.2) is 60.8 Å². The van der Waals surface area contributed by atoms with Crippen LogP contribution in [-0.2, 0) is 0 Å². The zero-order valence-electron chi connectivity index (χ0n) is 10.9. The van der Waals surface area contributed by atoms with Crippen LogP contribution in [-0.4, -0.2) is 9.97 Å². The Morgan fingerprint density at radius 1 is 0.762 bits per heavy atom. The third-order valence-electron chi connectivity index (χ3n) is 2.90. The SMILES string of the molecule is Clc1ccc(Nc2nccc(-c3ccc(Cl)cc3)n2)cc1. The highest BCUT2D eigenvalue weighted by Crippen LogP contribution is 2.22. The Morgan fingerprint density at radius 2 is 1.38 bits per heavy atom. The molecular formula is C16H11Cl2N3. The zero-order valence-corrected chi connectivity index (χ0v) is 12.4. The average molecular weight is 316 g/mol. The van der Waals surface area contributed by atoms with Crippen molar-refractivity contribution >= 4 is 34.8 Å². The second kappa shape index (κ2) is 6.12. The molecule has 1 heterocycles. The van der Waals surface area contributed by atoms with E-state index in [9.17, 15) is 0 Å². The second-order valence-corrected chi connectivity index (χ2v) is 5.28. The summed E-state index contributed by atoms with van der Waals surface area (Å²) in [4.78, 5) is 8.71. The van der Waals surface area contributed by atoms with Crippen molar-refractivity contribution in [3.8, 4) is 11.3 Å². The molecule has 3 rings (SSSR count). The van der Waals surface area contributed by atoms with Crippen LogP contribution >= 0.6 is 23.2 Å². The summed E-state index contributed by atoms with van der Waals surface area (Å²) in [5.41, 5.74) is 2.70. The van der Waals surface area contributed by atoms with Gasteiger partial charge in [-0.1, -0.05) is 35.3 Å². The number of halogens is 2. The molecule has 1 N–H and O–H groups in total. The summed E-state index contributed by atoms with van der Waals surface area (Å²) in [5, 5.41) is 4.54. The molecule has 0 bridgehead atoms. The van der Waals surface area contributed by atoms with E-state index in [0.717, 1.165) is 16.9 Å². The highest BCUT2D eigenvalue weighted by Gasteiger charge is 2.03. The lowest BCUT2D eigenvalue weighted by Gasteiger charge is -2.07. The topological polar surface area (TPSA) is 37.8 Å². The molecule has 0 unspecified atom stereocenters. The van der Waals surface area contributed by atoms with Gasteiger partial charge >= 0.3 is 0 Å². The van der Waals surface area contributed by atoms with Gasteiger partial charge in [-0.05, 0) is 42.5 Å². The van der Waals surface area contributed by atoms with Gasteiger partial charge in [0.25, 0.3) is 0 Å². The van der Waals surface area contributed by atoms with Crippen LogP contribution in [0.25, 0.3) is 11.3 Å². The second-order valence-electron chi connectivity index (χ2n) is 4.40. The molecular weight excluding hydrogens is 305 g/mol. The Kier molecular flexibility index (Phi) is 4.04. The molecule has 0 radical (unpaired) electrons. The maximum absolute atomic E-state index is 5.89. The van der Waals surface area contributed by atoms with Crippen LogP contribution in [0.1, 0.15) is 0 Å². The van der Waals surface area contributed by atoms with Crippen molar-refractivity contribution in [2.75, 3.05) is 5.32 Å². The fourth-order valence-corrected chi connectivity index (χ4v) is 2.11. The molecule has 5 heteroatoms. The maximum atomic E-state index is 5.89. The molecule has 0 aliphatic heterocycles. The molecule has 0 atom stereocenters. The predicted molar refractivity (Wildman–Crippen MR) is 87.2 cm³/mol. The van der Waals surface area contributed by atoms with Crippen LogP contribution in [0, 0.1) is 0 Å². The first-order valence-corrected chi connectivity index (χ1v) is 7.08. The third kappa shape index (κ3) is 3.51. The van der Waals surface area contributed by atoms with Gasteiger partial charge in [-0.3, -0.25) is 0 Å². The Labute approximate surface area is 132 Å². The number of anilines is 2. The minimum Gasteiger partial charge on any atom is -0.324 e. The van der Waals surface area contributed by atoms with Crippen LogP contribution in [0.5, 0.6) is 0 Å². The maximum Gasteiger partial charge on any atom is 0.227 e. The highest BCUT2D eigenvalue weighted by atomic mass is 35.5. The van der Waals surface area contributed by atoms with E-state index in [1.54, 1.807) is 6.20 Å². The first-order valence-electron chi connectivity index (χ1n) is 6.32. The minimum absolute atomic E-state index is 0.532. The first-order chi connectivity index (χ1) is 10.2. The van der Waals surface area contributed by atoms with Gasteiger partial charge in [0.2, 0.25) is 5.95 Å². The summed E-state index contributed by atoms with van der Waals surface area (Å²) < 4.78 is 0. The molecule has 2 aromatic carbocycles. The molecule has 3 nitrogen and oxygen atoms in total. The fraction of sp³-hybridized carbons (Fsp3) is 0. The van der Waals surface area contributed by atoms with Crippen LogP contribution in [0.4, 0.5) is 11.6 Å². The molecule has 0 fully saturated rings. The number of nitrogens with zero attached hydrogens (tertiary/aromatic N) is 2. The summed E-state index contributed by atoms with van der Waals surface area (Å²) in [7, 11) is 0. The van der Waals surface area contributed by atoms with Gasteiger partial charge in [0.15, 0.2) is 0 Å². The molecule has 1 aromatic heterocycles. The van der Waals surface area contributed by atoms with E-state index in [-0.39, 0.29) is 0 Å². The first kappa shape index (κ1) is 13.9. The molecule has 3 aromatic rings. The summed E-state index contributed by atoms with van der Waals surface area (Å²) in [6.07, 6.45) is 1.72. The normalized spacial score (nSPS) is 10.4. The van der Waals surface area contributed by atoms with Crippen molar-refractivity contribution < 1.29 is 0 Å². The number of nitrogens with one attached hydrogen (secondary N) is 1. The Bertz CT molecular complexity index is 740. The van der Waals surface area contributed by atoms with Crippen molar-refractivity contribution in [2.24, 2.45) is 0 Å². The Hall–Kier alpha value is -2.10. The van der Waals surface area contributed by atoms with Crippen molar-refractivity contribution in [3.05, 3.63) is 70.8 Å². The fourth-order valence-electron chi connectivity index (χ4n) is 1.86. The van der Waals surface area contributed by atoms with Crippen LogP contribution < -0.4 is 5.32 Å². The molecule has 0 amide bonds. The Balaban J connectivity index is 1.86. The van der Waals surface area contributed by atoms with Gasteiger partial charge < -0.3 is 5.32 Å². The van der Waals surface area contributed by atoms with Gasteiger partial charge in [-0.15, -0.1) is 0 Å². The van der Waals surface area contributed by atoms with Crippen molar-refractivity contribution in [1.82, 2.24) is 9.97 Å². The zero-order chi connectivity index (χ0) is 14.7. The van der Waals surface area contributed by atoms with E-state index >= 15 is 0 Å². The van der Waals surface area contributed by atoms with E-state index in [4.69, 9.17) is 23.2 Å². The molecule has 0 aliphatic carbocycles. The van der Waals surface area contributed by atoms with E-state index in [0.29, 0.717) is 16.0 Å². The summed E-state index contributed by atoms with van der Waals surface area (Å²) >= 11 is 11.8. The largest absolute Gasteiger partial charge is 0.324 e. The van der Waals surface area contributed by atoms with Gasteiger partial charge in [-0.25, -0.2) is 9.97 Å². The van der Waals surface area contributed by atoms with Gasteiger partial charge in [-0.2, -0.15) is 0 Å². The average Bonchev–Trinajstić information content (AvgIpc) is 2.51. The lowest BCUT2D eigenvalue weighted by molar-refractivity contribution is 1.17. The number of hydrogen-bond acceptors (Lipinski definition) is 3. The number of rotatable bonds is 3. The molecule has 0 aliphatic rings. The van der Waals surface area contributed by atoms with Gasteiger partial charge in [0.05, 0.1) is 5.69 Å². The lowest BCUT2D eigenvalue weighted by Crippen LogP contribution is -1.97. The number of benzene rings is 2. The van der Waals surface area contributed by atoms with Crippen molar-refractivity contribution in [1.29, 1.82) is 0 Å². The smallest absolute Gasteiger partial charge is 0.227 e.